The van der Waals surface area contributed by atoms with Crippen molar-refractivity contribution in [1.82, 2.24) is 4.31 Å². The molecule has 6 heteroatoms. The van der Waals surface area contributed by atoms with Crippen molar-refractivity contribution in [1.29, 1.82) is 0 Å². The molecule has 0 atom stereocenters. The molecule has 0 aromatic heterocycles. The molecule has 1 aromatic carbocycles. The van der Waals surface area contributed by atoms with Crippen LogP contribution in [0.5, 0.6) is 0 Å². The Bertz CT molecular complexity index is 481. The molecule has 1 fully saturated rings. The second-order valence-corrected chi connectivity index (χ2v) is 5.94. The van der Waals surface area contributed by atoms with Crippen molar-refractivity contribution in [2.24, 2.45) is 0 Å². The Labute approximate surface area is 94.5 Å². The Morgan fingerprint density at radius 1 is 1.44 bits per heavy atom. The van der Waals surface area contributed by atoms with Gasteiger partial charge in [-0.2, -0.15) is 4.31 Å². The molecule has 0 aliphatic carbocycles. The summed E-state index contributed by atoms with van der Waals surface area (Å²) in [7, 11) is -3.31. The lowest BCUT2D eigenvalue weighted by Crippen LogP contribution is -2.53. The van der Waals surface area contributed by atoms with Gasteiger partial charge in [0.1, 0.15) is 0 Å². The highest BCUT2D eigenvalue weighted by molar-refractivity contribution is 7.88. The van der Waals surface area contributed by atoms with E-state index >= 15 is 0 Å². The van der Waals surface area contributed by atoms with Crippen LogP contribution in [-0.4, -0.2) is 37.0 Å². The van der Waals surface area contributed by atoms with Crippen LogP contribution >= 0.6 is 0 Å². The molecule has 3 N–H and O–H groups in total. The van der Waals surface area contributed by atoms with E-state index in [1.807, 2.05) is 0 Å². The maximum atomic E-state index is 11.8. The molecule has 0 radical (unpaired) electrons. The average Bonchev–Trinajstić information content (AvgIpc) is 2.12. The quantitative estimate of drug-likeness (QED) is 0.717. The van der Waals surface area contributed by atoms with E-state index in [4.69, 9.17) is 10.8 Å². The highest BCUT2D eigenvalue weighted by atomic mass is 32.2. The molecule has 1 aliphatic rings. The number of anilines is 1. The number of rotatable bonds is 3. The third-order valence-corrected chi connectivity index (χ3v) is 4.31. The molecule has 0 amide bonds. The van der Waals surface area contributed by atoms with Gasteiger partial charge >= 0.3 is 0 Å². The lowest BCUT2D eigenvalue weighted by molar-refractivity contribution is 0.0547. The first-order chi connectivity index (χ1) is 7.47. The predicted octanol–water partition coefficient (Wildman–Crippen LogP) is -0.225. The standard InChI is InChI=1S/C10H14N2O3S/c11-9-3-1-2-8(4-9)7-16(14,15)12-5-10(13)6-12/h1-4,10,13H,5-7,11H2. The number of aliphatic hydroxyl groups excluding tert-OH is 1. The topological polar surface area (TPSA) is 83.6 Å². The molecule has 1 saturated heterocycles. The molecule has 2 rings (SSSR count). The van der Waals surface area contributed by atoms with Crippen molar-refractivity contribution < 1.29 is 13.5 Å². The summed E-state index contributed by atoms with van der Waals surface area (Å²) in [6.07, 6.45) is -0.518. The minimum atomic E-state index is -3.31. The number of β-amino-alcohol motifs (C(OH)–C–C–N with tert-alkyl or cyclic N) is 1. The normalized spacial score (nSPS) is 18.3. The van der Waals surface area contributed by atoms with Gasteiger partial charge in [0.05, 0.1) is 11.9 Å². The van der Waals surface area contributed by atoms with E-state index in [9.17, 15) is 8.42 Å². The smallest absolute Gasteiger partial charge is 0.218 e. The Morgan fingerprint density at radius 2 is 2.12 bits per heavy atom. The monoisotopic (exact) mass is 242 g/mol. The molecular formula is C10H14N2O3S. The van der Waals surface area contributed by atoms with Crippen LogP contribution in [-0.2, 0) is 15.8 Å². The summed E-state index contributed by atoms with van der Waals surface area (Å²) in [5.74, 6) is -0.0647. The number of nitrogens with zero attached hydrogens (tertiary/aromatic N) is 1. The molecule has 0 saturated carbocycles. The molecule has 1 aliphatic heterocycles. The first kappa shape index (κ1) is 11.4. The molecule has 0 bridgehead atoms. The van der Waals surface area contributed by atoms with Gasteiger partial charge in [-0.1, -0.05) is 12.1 Å². The average molecular weight is 242 g/mol. The zero-order valence-corrected chi connectivity index (χ0v) is 9.52. The van der Waals surface area contributed by atoms with Gasteiger partial charge in [0.2, 0.25) is 10.0 Å². The third-order valence-electron chi connectivity index (χ3n) is 2.52. The van der Waals surface area contributed by atoms with Gasteiger partial charge in [-0.25, -0.2) is 8.42 Å². The van der Waals surface area contributed by atoms with E-state index in [0.29, 0.717) is 11.3 Å². The first-order valence-electron chi connectivity index (χ1n) is 4.98. The number of hydrogen-bond donors (Lipinski definition) is 2. The maximum absolute atomic E-state index is 11.8. The van der Waals surface area contributed by atoms with Crippen molar-refractivity contribution in [2.75, 3.05) is 18.8 Å². The third kappa shape index (κ3) is 2.34. The van der Waals surface area contributed by atoms with Gasteiger partial charge in [0, 0.05) is 18.8 Å². The summed E-state index contributed by atoms with van der Waals surface area (Å²) in [5, 5.41) is 9.07. The minimum absolute atomic E-state index is 0.0647. The van der Waals surface area contributed by atoms with Crippen LogP contribution in [0.2, 0.25) is 0 Å². The molecule has 88 valence electrons. The number of nitrogen functional groups attached to an aromatic ring is 1. The highest BCUT2D eigenvalue weighted by Crippen LogP contribution is 2.18. The second-order valence-electron chi connectivity index (χ2n) is 3.97. The van der Waals surface area contributed by atoms with E-state index in [-0.39, 0.29) is 18.8 Å². The van der Waals surface area contributed by atoms with E-state index in [0.717, 1.165) is 0 Å². The molecule has 1 aromatic rings. The zero-order valence-electron chi connectivity index (χ0n) is 8.70. The van der Waals surface area contributed by atoms with Crippen LogP contribution in [0, 0.1) is 0 Å². The zero-order chi connectivity index (χ0) is 11.8. The van der Waals surface area contributed by atoms with E-state index < -0.39 is 16.1 Å². The Balaban J connectivity index is 2.09. The van der Waals surface area contributed by atoms with Gasteiger partial charge in [-0.3, -0.25) is 0 Å². The highest BCUT2D eigenvalue weighted by Gasteiger charge is 2.34. The van der Waals surface area contributed by atoms with Gasteiger partial charge in [-0.15, -0.1) is 0 Å². The number of nitrogens with two attached hydrogens (primary N) is 1. The summed E-state index contributed by atoms with van der Waals surface area (Å²) in [6, 6.07) is 6.81. The summed E-state index contributed by atoms with van der Waals surface area (Å²) in [5.41, 5.74) is 6.79. The van der Waals surface area contributed by atoms with Crippen molar-refractivity contribution in [2.45, 2.75) is 11.9 Å². The van der Waals surface area contributed by atoms with Crippen LogP contribution in [0.4, 0.5) is 5.69 Å². The molecule has 1 heterocycles. The fourth-order valence-electron chi connectivity index (χ4n) is 1.63. The van der Waals surface area contributed by atoms with Gasteiger partial charge in [-0.05, 0) is 17.7 Å². The summed E-state index contributed by atoms with van der Waals surface area (Å²) in [4.78, 5) is 0. The lowest BCUT2D eigenvalue weighted by atomic mass is 10.2. The Kier molecular flexibility index (Phi) is 2.88. The minimum Gasteiger partial charge on any atom is -0.399 e. The number of sulfonamides is 1. The largest absolute Gasteiger partial charge is 0.399 e. The summed E-state index contributed by atoms with van der Waals surface area (Å²) >= 11 is 0. The van der Waals surface area contributed by atoms with E-state index in [2.05, 4.69) is 0 Å². The van der Waals surface area contributed by atoms with Crippen molar-refractivity contribution in [3.05, 3.63) is 29.8 Å². The SMILES string of the molecule is Nc1cccc(CS(=O)(=O)N2CC(O)C2)c1. The number of hydrogen-bond acceptors (Lipinski definition) is 4. The van der Waals surface area contributed by atoms with Crippen LogP contribution < -0.4 is 5.73 Å². The van der Waals surface area contributed by atoms with Crippen molar-refractivity contribution >= 4 is 15.7 Å². The van der Waals surface area contributed by atoms with E-state index in [1.165, 1.54) is 4.31 Å². The van der Waals surface area contributed by atoms with Crippen molar-refractivity contribution in [3.63, 3.8) is 0 Å². The van der Waals surface area contributed by atoms with Crippen LogP contribution in [0.15, 0.2) is 24.3 Å². The molecule has 16 heavy (non-hydrogen) atoms. The molecule has 0 spiro atoms. The predicted molar refractivity (Wildman–Crippen MR) is 61.1 cm³/mol. The summed E-state index contributed by atoms with van der Waals surface area (Å²) < 4.78 is 24.9. The van der Waals surface area contributed by atoms with E-state index in [1.54, 1.807) is 24.3 Å². The van der Waals surface area contributed by atoms with Crippen LogP contribution in [0.25, 0.3) is 0 Å². The molecular weight excluding hydrogens is 228 g/mol. The van der Waals surface area contributed by atoms with Gasteiger partial charge in [0.25, 0.3) is 0 Å². The lowest BCUT2D eigenvalue weighted by Gasteiger charge is -2.34. The van der Waals surface area contributed by atoms with Crippen LogP contribution in [0.1, 0.15) is 5.56 Å². The first-order valence-corrected chi connectivity index (χ1v) is 6.58. The van der Waals surface area contributed by atoms with Crippen LogP contribution in [0.3, 0.4) is 0 Å². The second kappa shape index (κ2) is 4.04. The molecule has 5 nitrogen and oxygen atoms in total. The maximum Gasteiger partial charge on any atom is 0.218 e. The number of benzene rings is 1. The van der Waals surface area contributed by atoms with Crippen molar-refractivity contribution in [3.8, 4) is 0 Å². The Morgan fingerprint density at radius 3 is 2.69 bits per heavy atom. The molecule has 0 unspecified atom stereocenters. The fraction of sp³-hybridized carbons (Fsp3) is 0.400. The Hall–Kier alpha value is -1.11. The fourth-order valence-corrected chi connectivity index (χ4v) is 3.21. The number of aliphatic hydroxyl groups is 1. The van der Waals surface area contributed by atoms with Gasteiger partial charge < -0.3 is 10.8 Å². The summed E-state index contributed by atoms with van der Waals surface area (Å²) in [6.45, 7) is 0.398. The van der Waals surface area contributed by atoms with Gasteiger partial charge in [0.15, 0.2) is 0 Å².